The molecule has 0 aliphatic carbocycles. The van der Waals surface area contributed by atoms with Gasteiger partial charge in [-0.05, 0) is 18.1 Å². The van der Waals surface area contributed by atoms with E-state index >= 15 is 0 Å². The highest BCUT2D eigenvalue weighted by Gasteiger charge is 2.19. The van der Waals surface area contributed by atoms with Crippen LogP contribution in [0.4, 0.5) is 8.78 Å². The minimum Gasteiger partial charge on any atom is -0.292 e. The summed E-state index contributed by atoms with van der Waals surface area (Å²) in [4.78, 5) is 12.2. The van der Waals surface area contributed by atoms with Crippen molar-refractivity contribution >= 4 is 17.4 Å². The Hall–Kier alpha value is -1.75. The summed E-state index contributed by atoms with van der Waals surface area (Å²) in [6.45, 7) is 2.50. The fourth-order valence-corrected chi connectivity index (χ4v) is 2.19. The molecule has 0 saturated carbocycles. The molecule has 0 atom stereocenters. The van der Waals surface area contributed by atoms with Crippen LogP contribution in [0.25, 0.3) is 0 Å². The van der Waals surface area contributed by atoms with E-state index in [4.69, 9.17) is 11.6 Å². The summed E-state index contributed by atoms with van der Waals surface area (Å²) < 4.78 is 27.9. The van der Waals surface area contributed by atoms with Crippen LogP contribution in [0.5, 0.6) is 0 Å². The van der Waals surface area contributed by atoms with Crippen molar-refractivity contribution in [2.45, 2.75) is 26.3 Å². The van der Waals surface area contributed by atoms with Gasteiger partial charge in [0.05, 0.1) is 11.2 Å². The van der Waals surface area contributed by atoms with E-state index in [1.54, 1.807) is 0 Å². The van der Waals surface area contributed by atoms with Crippen molar-refractivity contribution in [3.05, 3.63) is 52.3 Å². The van der Waals surface area contributed by atoms with Crippen molar-refractivity contribution in [3.8, 4) is 0 Å². The van der Waals surface area contributed by atoms with Crippen LogP contribution in [0.2, 0.25) is 5.02 Å². The molecule has 1 heterocycles. The molecule has 0 radical (unpaired) electrons. The average Bonchev–Trinajstić information content (AvgIpc) is 2.74. The van der Waals surface area contributed by atoms with Gasteiger partial charge in [-0.2, -0.15) is 5.10 Å². The van der Waals surface area contributed by atoms with E-state index in [1.165, 1.54) is 16.9 Å². The van der Waals surface area contributed by atoms with Gasteiger partial charge < -0.3 is 0 Å². The van der Waals surface area contributed by atoms with Crippen LogP contribution in [0, 0.1) is 11.6 Å². The van der Waals surface area contributed by atoms with Gasteiger partial charge in [-0.1, -0.05) is 24.6 Å². The van der Waals surface area contributed by atoms with Gasteiger partial charge in [0, 0.05) is 19.0 Å². The third-order valence-corrected chi connectivity index (χ3v) is 3.14. The van der Waals surface area contributed by atoms with E-state index in [1.807, 2.05) is 6.92 Å². The Bertz CT molecular complexity index is 640. The van der Waals surface area contributed by atoms with E-state index in [-0.39, 0.29) is 28.5 Å². The van der Waals surface area contributed by atoms with Crippen LogP contribution in [0.15, 0.2) is 24.4 Å². The molecule has 1 aromatic carbocycles. The Morgan fingerprint density at radius 2 is 2.15 bits per heavy atom. The minimum absolute atomic E-state index is 0.136. The van der Waals surface area contributed by atoms with Gasteiger partial charge in [0.1, 0.15) is 17.3 Å². The van der Waals surface area contributed by atoms with Gasteiger partial charge in [-0.15, -0.1) is 0 Å². The van der Waals surface area contributed by atoms with Gasteiger partial charge in [-0.3, -0.25) is 9.48 Å². The number of Topliss-reactive ketones (excluding diaryl/α,β-unsaturated/α-hetero) is 1. The van der Waals surface area contributed by atoms with Crippen molar-refractivity contribution < 1.29 is 13.6 Å². The first kappa shape index (κ1) is 14.7. The highest BCUT2D eigenvalue weighted by atomic mass is 35.5. The first-order chi connectivity index (χ1) is 9.52. The van der Waals surface area contributed by atoms with Crippen molar-refractivity contribution in [1.29, 1.82) is 0 Å². The molecule has 0 amide bonds. The number of halogens is 3. The van der Waals surface area contributed by atoms with E-state index < -0.39 is 11.6 Å². The molecule has 20 heavy (non-hydrogen) atoms. The summed E-state index contributed by atoms with van der Waals surface area (Å²) in [6.07, 6.45) is 2.01. The molecule has 0 bridgehead atoms. The van der Waals surface area contributed by atoms with E-state index in [9.17, 15) is 13.6 Å². The first-order valence-corrected chi connectivity index (χ1v) is 6.59. The monoisotopic (exact) mass is 298 g/mol. The number of nitrogens with zero attached hydrogens (tertiary/aromatic N) is 2. The summed E-state index contributed by atoms with van der Waals surface area (Å²) >= 11 is 5.95. The smallest absolute Gasteiger partial charge is 0.186 e. The highest BCUT2D eigenvalue weighted by Crippen LogP contribution is 2.19. The quantitative estimate of drug-likeness (QED) is 0.790. The maximum absolute atomic E-state index is 13.6. The molecule has 0 spiro atoms. The van der Waals surface area contributed by atoms with E-state index in [2.05, 4.69) is 5.10 Å². The molecule has 2 aromatic rings. The summed E-state index contributed by atoms with van der Waals surface area (Å²) in [5.41, 5.74) is 0.397. The Morgan fingerprint density at radius 3 is 2.80 bits per heavy atom. The van der Waals surface area contributed by atoms with Gasteiger partial charge >= 0.3 is 0 Å². The number of benzene rings is 1. The summed E-state index contributed by atoms with van der Waals surface area (Å²) in [5.74, 6) is -1.75. The second-order valence-corrected chi connectivity index (χ2v) is 4.81. The number of aryl methyl sites for hydroxylation is 1. The van der Waals surface area contributed by atoms with E-state index in [0.29, 0.717) is 6.54 Å². The lowest BCUT2D eigenvalue weighted by Gasteiger charge is -2.07. The number of hydrogen-bond acceptors (Lipinski definition) is 2. The molecule has 6 heteroatoms. The lowest BCUT2D eigenvalue weighted by Crippen LogP contribution is -2.13. The maximum Gasteiger partial charge on any atom is 0.186 e. The predicted molar refractivity (Wildman–Crippen MR) is 71.9 cm³/mol. The second-order valence-electron chi connectivity index (χ2n) is 4.40. The second kappa shape index (κ2) is 6.13. The molecule has 0 unspecified atom stereocenters. The topological polar surface area (TPSA) is 34.9 Å². The Labute approximate surface area is 120 Å². The lowest BCUT2D eigenvalue weighted by molar-refractivity contribution is 0.0981. The molecule has 0 aliphatic heterocycles. The number of carbonyl (C=O) groups excluding carboxylic acids is 1. The zero-order chi connectivity index (χ0) is 14.7. The SMILES string of the molecule is CCCn1ncc(Cl)c1C(=O)Cc1ccc(F)cc1F. The largest absolute Gasteiger partial charge is 0.292 e. The highest BCUT2D eigenvalue weighted by molar-refractivity contribution is 6.33. The van der Waals surface area contributed by atoms with E-state index in [0.717, 1.165) is 18.6 Å². The lowest BCUT2D eigenvalue weighted by atomic mass is 10.1. The molecule has 0 fully saturated rings. The minimum atomic E-state index is -0.740. The molecule has 3 nitrogen and oxygen atoms in total. The number of ketones is 1. The first-order valence-electron chi connectivity index (χ1n) is 6.21. The average molecular weight is 299 g/mol. The molecule has 0 N–H and O–H groups in total. The van der Waals surface area contributed by atoms with Crippen molar-refractivity contribution in [2.75, 3.05) is 0 Å². The third-order valence-electron chi connectivity index (χ3n) is 2.86. The van der Waals surface area contributed by atoms with Crippen LogP contribution in [-0.2, 0) is 13.0 Å². The standard InChI is InChI=1S/C14H13ClF2N2O/c1-2-5-19-14(11(15)8-18-19)13(20)6-9-3-4-10(16)7-12(9)17/h3-4,7-8H,2,5-6H2,1H3. The molecular formula is C14H13ClF2N2O. The molecule has 106 valence electrons. The molecule has 0 saturated heterocycles. The van der Waals surface area contributed by atoms with Crippen LogP contribution in [0.1, 0.15) is 29.4 Å². The van der Waals surface area contributed by atoms with Gasteiger partial charge in [0.2, 0.25) is 0 Å². The van der Waals surface area contributed by atoms with Gasteiger partial charge in [0.15, 0.2) is 5.78 Å². The fraction of sp³-hybridized carbons (Fsp3) is 0.286. The predicted octanol–water partition coefficient (Wildman–Crippen LogP) is 3.65. The zero-order valence-corrected chi connectivity index (χ0v) is 11.6. The number of hydrogen-bond donors (Lipinski definition) is 0. The van der Waals surface area contributed by atoms with Crippen LogP contribution in [0.3, 0.4) is 0 Å². The van der Waals surface area contributed by atoms with Crippen LogP contribution in [-0.4, -0.2) is 15.6 Å². The summed E-state index contributed by atoms with van der Waals surface area (Å²) in [5, 5.41) is 4.26. The summed E-state index contributed by atoms with van der Waals surface area (Å²) in [7, 11) is 0. The fourth-order valence-electron chi connectivity index (χ4n) is 1.94. The Balaban J connectivity index is 2.26. The Kier molecular flexibility index (Phi) is 4.49. The van der Waals surface area contributed by atoms with Gasteiger partial charge in [-0.25, -0.2) is 8.78 Å². The van der Waals surface area contributed by atoms with Crippen molar-refractivity contribution in [1.82, 2.24) is 9.78 Å². The number of carbonyl (C=O) groups is 1. The summed E-state index contributed by atoms with van der Waals surface area (Å²) in [6, 6.07) is 3.14. The number of aromatic nitrogens is 2. The molecule has 1 aromatic heterocycles. The van der Waals surface area contributed by atoms with Crippen molar-refractivity contribution in [2.24, 2.45) is 0 Å². The van der Waals surface area contributed by atoms with Crippen LogP contribution >= 0.6 is 11.6 Å². The van der Waals surface area contributed by atoms with Crippen LogP contribution < -0.4 is 0 Å². The maximum atomic E-state index is 13.6. The van der Waals surface area contributed by atoms with Gasteiger partial charge in [0.25, 0.3) is 0 Å². The molecule has 0 aliphatic rings. The Morgan fingerprint density at radius 1 is 1.40 bits per heavy atom. The van der Waals surface area contributed by atoms with Crippen molar-refractivity contribution in [3.63, 3.8) is 0 Å². The molecule has 2 rings (SSSR count). The molecular weight excluding hydrogens is 286 g/mol. The third kappa shape index (κ3) is 3.04. The number of rotatable bonds is 5. The zero-order valence-electron chi connectivity index (χ0n) is 10.9. The normalized spacial score (nSPS) is 10.8.